The van der Waals surface area contributed by atoms with Crippen molar-refractivity contribution in [3.63, 3.8) is 0 Å². The van der Waals surface area contributed by atoms with Gasteiger partial charge in [-0.2, -0.15) is 0 Å². The van der Waals surface area contributed by atoms with Gasteiger partial charge in [-0.3, -0.25) is 4.79 Å². The number of amides is 1. The molecule has 0 spiro atoms. The van der Waals surface area contributed by atoms with Gasteiger partial charge in [-0.25, -0.2) is 0 Å². The van der Waals surface area contributed by atoms with Gasteiger partial charge in [-0.05, 0) is 37.3 Å². The fourth-order valence-corrected chi connectivity index (χ4v) is 2.53. The van der Waals surface area contributed by atoms with Crippen LogP contribution in [0.5, 0.6) is 0 Å². The Hall–Kier alpha value is -1.39. The van der Waals surface area contributed by atoms with E-state index in [1.54, 1.807) is 0 Å². The molecule has 1 aromatic carbocycles. The molecule has 1 aliphatic heterocycles. The highest BCUT2D eigenvalue weighted by Crippen LogP contribution is 2.13. The molecule has 4 nitrogen and oxygen atoms in total. The summed E-state index contributed by atoms with van der Waals surface area (Å²) >= 11 is 0. The summed E-state index contributed by atoms with van der Waals surface area (Å²) in [5, 5.41) is 6.34. The predicted octanol–water partition coefficient (Wildman–Crippen LogP) is 2.19. The van der Waals surface area contributed by atoms with E-state index in [2.05, 4.69) is 48.7 Å². The number of rotatable bonds is 6. The lowest BCUT2D eigenvalue weighted by atomic mass is 10.0. The Morgan fingerprint density at radius 3 is 2.57 bits per heavy atom. The van der Waals surface area contributed by atoms with E-state index in [1.165, 1.54) is 11.1 Å². The first-order chi connectivity index (χ1) is 10.2. The molecule has 0 aromatic heterocycles. The van der Waals surface area contributed by atoms with Crippen LogP contribution < -0.4 is 10.6 Å². The first kappa shape index (κ1) is 16.0. The van der Waals surface area contributed by atoms with Gasteiger partial charge in [0, 0.05) is 25.3 Å². The maximum absolute atomic E-state index is 11.9. The van der Waals surface area contributed by atoms with Crippen LogP contribution in [-0.4, -0.2) is 31.7 Å². The summed E-state index contributed by atoms with van der Waals surface area (Å²) in [7, 11) is 0. The zero-order valence-electron chi connectivity index (χ0n) is 13.0. The fourth-order valence-electron chi connectivity index (χ4n) is 2.53. The third-order valence-corrected chi connectivity index (χ3v) is 4.04. The lowest BCUT2D eigenvalue weighted by Crippen LogP contribution is -2.43. The number of ether oxygens (including phenoxy) is 1. The molecule has 1 heterocycles. The van der Waals surface area contributed by atoms with Crippen LogP contribution in [0.2, 0.25) is 0 Å². The van der Waals surface area contributed by atoms with Gasteiger partial charge in [0.1, 0.15) is 0 Å². The van der Waals surface area contributed by atoms with E-state index in [1.807, 2.05) is 0 Å². The minimum absolute atomic E-state index is 0.0685. The average molecular weight is 290 g/mol. The van der Waals surface area contributed by atoms with E-state index in [4.69, 9.17) is 4.74 Å². The van der Waals surface area contributed by atoms with Gasteiger partial charge >= 0.3 is 0 Å². The normalized spacial score (nSPS) is 17.4. The molecule has 1 unspecified atom stereocenters. The number of hydrogen-bond donors (Lipinski definition) is 2. The fraction of sp³-hybridized carbons (Fsp3) is 0.588. The Morgan fingerprint density at radius 1 is 1.29 bits per heavy atom. The Bertz CT molecular complexity index is 439. The van der Waals surface area contributed by atoms with Crippen molar-refractivity contribution >= 4 is 5.91 Å². The maximum Gasteiger partial charge on any atom is 0.234 e. The number of carbonyl (C=O) groups excluding carboxylic acids is 1. The van der Waals surface area contributed by atoms with Crippen LogP contribution in [0.3, 0.4) is 0 Å². The Balaban J connectivity index is 1.74. The quantitative estimate of drug-likeness (QED) is 0.844. The van der Waals surface area contributed by atoms with Crippen molar-refractivity contribution in [2.45, 2.75) is 45.2 Å². The van der Waals surface area contributed by atoms with Gasteiger partial charge in [-0.15, -0.1) is 0 Å². The first-order valence-electron chi connectivity index (χ1n) is 7.88. The van der Waals surface area contributed by atoms with Crippen molar-refractivity contribution in [2.75, 3.05) is 19.8 Å². The molecule has 1 aliphatic rings. The lowest BCUT2D eigenvalue weighted by Gasteiger charge is -2.23. The first-order valence-corrected chi connectivity index (χ1v) is 7.88. The Kier molecular flexibility index (Phi) is 6.21. The molecule has 1 amide bonds. The van der Waals surface area contributed by atoms with Crippen LogP contribution in [0.4, 0.5) is 0 Å². The van der Waals surface area contributed by atoms with E-state index < -0.39 is 0 Å². The summed E-state index contributed by atoms with van der Waals surface area (Å²) in [4.78, 5) is 11.9. The van der Waals surface area contributed by atoms with Gasteiger partial charge in [0.05, 0.1) is 6.54 Å². The minimum Gasteiger partial charge on any atom is -0.381 e. The molecule has 0 radical (unpaired) electrons. The van der Waals surface area contributed by atoms with Crippen molar-refractivity contribution in [2.24, 2.45) is 0 Å². The summed E-state index contributed by atoms with van der Waals surface area (Å²) in [6, 6.07) is 9.01. The van der Waals surface area contributed by atoms with E-state index in [0.717, 1.165) is 32.5 Å². The largest absolute Gasteiger partial charge is 0.381 e. The van der Waals surface area contributed by atoms with Crippen molar-refractivity contribution in [1.82, 2.24) is 10.6 Å². The summed E-state index contributed by atoms with van der Waals surface area (Å²) in [5.41, 5.74) is 2.55. The minimum atomic E-state index is 0.0685. The van der Waals surface area contributed by atoms with Crippen molar-refractivity contribution in [3.05, 3.63) is 35.4 Å². The molecule has 1 aromatic rings. The van der Waals surface area contributed by atoms with Gasteiger partial charge in [0.15, 0.2) is 0 Å². The topological polar surface area (TPSA) is 50.4 Å². The van der Waals surface area contributed by atoms with Crippen LogP contribution >= 0.6 is 0 Å². The van der Waals surface area contributed by atoms with Crippen LogP contribution in [-0.2, 0) is 16.0 Å². The second-order valence-electron chi connectivity index (χ2n) is 5.65. The highest BCUT2D eigenvalue weighted by atomic mass is 16.5. The smallest absolute Gasteiger partial charge is 0.234 e. The Morgan fingerprint density at radius 2 is 1.95 bits per heavy atom. The predicted molar refractivity (Wildman–Crippen MR) is 84.2 cm³/mol. The van der Waals surface area contributed by atoms with E-state index in [0.29, 0.717) is 6.54 Å². The molecular weight excluding hydrogens is 264 g/mol. The van der Waals surface area contributed by atoms with Crippen LogP contribution in [0.25, 0.3) is 0 Å². The van der Waals surface area contributed by atoms with Crippen LogP contribution in [0.15, 0.2) is 24.3 Å². The molecule has 1 atom stereocenters. The van der Waals surface area contributed by atoms with Gasteiger partial charge < -0.3 is 15.4 Å². The van der Waals surface area contributed by atoms with E-state index in [-0.39, 0.29) is 18.0 Å². The number of aryl methyl sites for hydroxylation is 1. The lowest BCUT2D eigenvalue weighted by molar-refractivity contribution is -0.121. The summed E-state index contributed by atoms with van der Waals surface area (Å²) < 4.78 is 5.29. The molecular formula is C17H26N2O2. The van der Waals surface area contributed by atoms with Gasteiger partial charge in [0.25, 0.3) is 0 Å². The second kappa shape index (κ2) is 8.15. The number of nitrogens with one attached hydrogen (secondary N) is 2. The molecule has 2 N–H and O–H groups in total. The van der Waals surface area contributed by atoms with Crippen molar-refractivity contribution < 1.29 is 9.53 Å². The van der Waals surface area contributed by atoms with Crippen molar-refractivity contribution in [3.8, 4) is 0 Å². The number of benzene rings is 1. The van der Waals surface area contributed by atoms with Crippen LogP contribution in [0.1, 0.15) is 43.9 Å². The summed E-state index contributed by atoms with van der Waals surface area (Å²) in [5.74, 6) is 0.0685. The molecule has 0 saturated carbocycles. The third kappa shape index (κ3) is 5.14. The summed E-state index contributed by atoms with van der Waals surface area (Å²) in [6.07, 6.45) is 2.88. The number of hydrogen-bond acceptors (Lipinski definition) is 3. The van der Waals surface area contributed by atoms with Crippen molar-refractivity contribution in [1.29, 1.82) is 0 Å². The van der Waals surface area contributed by atoms with Gasteiger partial charge in [0.2, 0.25) is 5.91 Å². The van der Waals surface area contributed by atoms with E-state index in [9.17, 15) is 4.79 Å². The Labute approximate surface area is 127 Å². The van der Waals surface area contributed by atoms with E-state index >= 15 is 0 Å². The SMILES string of the molecule is CCc1ccc(C(C)NCC(=O)NC2CCOCC2)cc1. The molecule has 1 saturated heterocycles. The molecule has 0 aliphatic carbocycles. The second-order valence-corrected chi connectivity index (χ2v) is 5.65. The maximum atomic E-state index is 11.9. The number of carbonyl (C=O) groups is 1. The highest BCUT2D eigenvalue weighted by Gasteiger charge is 2.16. The monoisotopic (exact) mass is 290 g/mol. The average Bonchev–Trinajstić information content (AvgIpc) is 2.53. The third-order valence-electron chi connectivity index (χ3n) is 4.04. The van der Waals surface area contributed by atoms with Crippen LogP contribution in [0, 0.1) is 0 Å². The molecule has 21 heavy (non-hydrogen) atoms. The van der Waals surface area contributed by atoms with Gasteiger partial charge in [-0.1, -0.05) is 31.2 Å². The zero-order chi connectivity index (χ0) is 15.1. The molecule has 2 rings (SSSR count). The summed E-state index contributed by atoms with van der Waals surface area (Å²) in [6.45, 7) is 6.09. The molecule has 1 fully saturated rings. The molecule has 4 heteroatoms. The standard InChI is InChI=1S/C17H26N2O2/c1-3-14-4-6-15(7-5-14)13(2)18-12-17(20)19-16-8-10-21-11-9-16/h4-7,13,16,18H,3,8-12H2,1-2H3,(H,19,20). The molecule has 116 valence electrons. The zero-order valence-corrected chi connectivity index (χ0v) is 13.0. The molecule has 0 bridgehead atoms. The highest BCUT2D eigenvalue weighted by molar-refractivity contribution is 5.78.